The molecule has 1 fully saturated rings. The van der Waals surface area contributed by atoms with Crippen molar-refractivity contribution in [2.75, 3.05) is 11.9 Å². The number of halogens is 2. The van der Waals surface area contributed by atoms with Crippen LogP contribution in [0.25, 0.3) is 0 Å². The van der Waals surface area contributed by atoms with Crippen molar-refractivity contribution in [1.29, 1.82) is 0 Å². The zero-order chi connectivity index (χ0) is 13.1. The fraction of sp³-hybridized carbons (Fsp3) is 0.462. The van der Waals surface area contributed by atoms with Crippen molar-refractivity contribution >= 4 is 43.5 Å². The number of piperidine rings is 1. The molecule has 1 amide bonds. The molecule has 0 radical (unpaired) electrons. The summed E-state index contributed by atoms with van der Waals surface area (Å²) in [5.74, 6) is 0.429. The Morgan fingerprint density at radius 3 is 2.89 bits per heavy atom. The summed E-state index contributed by atoms with van der Waals surface area (Å²) in [5, 5.41) is 6.25. The van der Waals surface area contributed by atoms with Crippen LogP contribution in [0.4, 0.5) is 5.69 Å². The summed E-state index contributed by atoms with van der Waals surface area (Å²) in [6.07, 6.45) is 2.25. The third-order valence-electron chi connectivity index (χ3n) is 3.24. The molecule has 0 saturated carbocycles. The zero-order valence-electron chi connectivity index (χ0n) is 10.2. The van der Waals surface area contributed by atoms with Gasteiger partial charge in [-0.05, 0) is 59.4 Å². The van der Waals surface area contributed by atoms with Gasteiger partial charge >= 0.3 is 0 Å². The van der Waals surface area contributed by atoms with Gasteiger partial charge in [0.15, 0.2) is 0 Å². The van der Waals surface area contributed by atoms with E-state index < -0.39 is 0 Å². The van der Waals surface area contributed by atoms with E-state index in [2.05, 4.69) is 49.4 Å². The molecule has 1 aromatic rings. The smallest absolute Gasteiger partial charge is 0.241 e. The van der Waals surface area contributed by atoms with Crippen LogP contribution >= 0.6 is 31.9 Å². The third-order valence-corrected chi connectivity index (χ3v) is 4.39. The van der Waals surface area contributed by atoms with Gasteiger partial charge in [0.25, 0.3) is 0 Å². The van der Waals surface area contributed by atoms with E-state index in [0.29, 0.717) is 5.92 Å². The number of carbonyl (C=O) groups is 1. The SMILES string of the molecule is CC1CCCNC1C(=O)Nc1ccc(Br)cc1Br. The molecule has 1 aromatic carbocycles. The molecule has 3 nitrogen and oxygen atoms in total. The number of hydrogen-bond acceptors (Lipinski definition) is 2. The fourth-order valence-corrected chi connectivity index (χ4v) is 3.35. The maximum atomic E-state index is 12.2. The summed E-state index contributed by atoms with van der Waals surface area (Å²) in [5.41, 5.74) is 0.808. The highest BCUT2D eigenvalue weighted by Gasteiger charge is 2.27. The van der Waals surface area contributed by atoms with Gasteiger partial charge in [-0.3, -0.25) is 4.79 Å². The molecule has 0 bridgehead atoms. The molecule has 1 aliphatic rings. The van der Waals surface area contributed by atoms with Crippen molar-refractivity contribution in [3.8, 4) is 0 Å². The van der Waals surface area contributed by atoms with E-state index in [-0.39, 0.29) is 11.9 Å². The predicted molar refractivity (Wildman–Crippen MR) is 80.7 cm³/mol. The molecular formula is C13H16Br2N2O. The fourth-order valence-electron chi connectivity index (χ4n) is 2.20. The van der Waals surface area contributed by atoms with Crippen LogP contribution in [0.15, 0.2) is 27.1 Å². The molecule has 2 rings (SSSR count). The molecule has 98 valence electrons. The van der Waals surface area contributed by atoms with E-state index in [1.54, 1.807) is 0 Å². The summed E-state index contributed by atoms with van der Waals surface area (Å²) >= 11 is 6.84. The molecule has 2 N–H and O–H groups in total. The van der Waals surface area contributed by atoms with Crippen LogP contribution in [-0.2, 0) is 4.79 Å². The van der Waals surface area contributed by atoms with Gasteiger partial charge in [0, 0.05) is 8.95 Å². The van der Waals surface area contributed by atoms with Crippen LogP contribution in [0.2, 0.25) is 0 Å². The summed E-state index contributed by atoms with van der Waals surface area (Å²) in [6.45, 7) is 3.04. The lowest BCUT2D eigenvalue weighted by atomic mass is 9.92. The normalized spacial score (nSPS) is 23.7. The summed E-state index contributed by atoms with van der Waals surface area (Å²) in [7, 11) is 0. The second-order valence-corrected chi connectivity index (χ2v) is 6.43. The standard InChI is InChI=1S/C13H16Br2N2O/c1-8-3-2-6-16-12(8)13(18)17-11-5-4-9(14)7-10(11)15/h4-5,7-8,12,16H,2-3,6H2,1H3,(H,17,18). The second-order valence-electron chi connectivity index (χ2n) is 4.66. The van der Waals surface area contributed by atoms with Crippen molar-refractivity contribution in [2.45, 2.75) is 25.8 Å². The van der Waals surface area contributed by atoms with Crippen LogP contribution < -0.4 is 10.6 Å². The van der Waals surface area contributed by atoms with E-state index in [1.807, 2.05) is 18.2 Å². The average molecular weight is 376 g/mol. The number of rotatable bonds is 2. The van der Waals surface area contributed by atoms with Gasteiger partial charge < -0.3 is 10.6 Å². The van der Waals surface area contributed by atoms with Crippen LogP contribution in [0.3, 0.4) is 0 Å². The zero-order valence-corrected chi connectivity index (χ0v) is 13.3. The molecular weight excluding hydrogens is 360 g/mol. The van der Waals surface area contributed by atoms with E-state index in [0.717, 1.165) is 34.0 Å². The van der Waals surface area contributed by atoms with Crippen LogP contribution in [-0.4, -0.2) is 18.5 Å². The summed E-state index contributed by atoms with van der Waals surface area (Å²) in [6, 6.07) is 5.64. The largest absolute Gasteiger partial charge is 0.324 e. The van der Waals surface area contributed by atoms with Crippen LogP contribution in [0.1, 0.15) is 19.8 Å². The lowest BCUT2D eigenvalue weighted by Crippen LogP contribution is -2.48. The van der Waals surface area contributed by atoms with Gasteiger partial charge in [0.1, 0.15) is 0 Å². The van der Waals surface area contributed by atoms with Gasteiger partial charge in [0.05, 0.1) is 11.7 Å². The van der Waals surface area contributed by atoms with Crippen molar-refractivity contribution in [1.82, 2.24) is 5.32 Å². The molecule has 2 unspecified atom stereocenters. The van der Waals surface area contributed by atoms with E-state index in [4.69, 9.17) is 0 Å². The number of nitrogens with one attached hydrogen (secondary N) is 2. The molecule has 0 spiro atoms. The minimum atomic E-state index is -0.0886. The Kier molecular flexibility index (Phi) is 4.81. The Morgan fingerprint density at radius 1 is 1.44 bits per heavy atom. The first-order chi connectivity index (χ1) is 8.58. The Balaban J connectivity index is 2.06. The molecule has 0 aromatic heterocycles. The highest BCUT2D eigenvalue weighted by Crippen LogP contribution is 2.27. The Bertz CT molecular complexity index is 451. The van der Waals surface area contributed by atoms with Crippen molar-refractivity contribution in [3.63, 3.8) is 0 Å². The minimum absolute atomic E-state index is 0.0465. The first kappa shape index (κ1) is 14.0. The van der Waals surface area contributed by atoms with Gasteiger partial charge in [-0.15, -0.1) is 0 Å². The average Bonchev–Trinajstić information content (AvgIpc) is 2.33. The molecule has 1 saturated heterocycles. The Labute approximate surface area is 124 Å². The van der Waals surface area contributed by atoms with Gasteiger partial charge in [-0.25, -0.2) is 0 Å². The van der Waals surface area contributed by atoms with Crippen molar-refractivity contribution in [3.05, 3.63) is 27.1 Å². The lowest BCUT2D eigenvalue weighted by molar-refractivity contribution is -0.119. The third kappa shape index (κ3) is 3.33. The predicted octanol–water partition coefficient (Wildman–Crippen LogP) is 3.54. The second kappa shape index (κ2) is 6.17. The van der Waals surface area contributed by atoms with Crippen molar-refractivity contribution in [2.24, 2.45) is 5.92 Å². The first-order valence-electron chi connectivity index (χ1n) is 6.07. The molecule has 1 aliphatic heterocycles. The molecule has 1 heterocycles. The number of amides is 1. The quantitative estimate of drug-likeness (QED) is 0.829. The van der Waals surface area contributed by atoms with Gasteiger partial charge in [0.2, 0.25) is 5.91 Å². The highest BCUT2D eigenvalue weighted by molar-refractivity contribution is 9.11. The lowest BCUT2D eigenvalue weighted by Gasteiger charge is -2.29. The maximum Gasteiger partial charge on any atom is 0.241 e. The summed E-state index contributed by atoms with van der Waals surface area (Å²) < 4.78 is 1.87. The number of benzene rings is 1. The Hall–Kier alpha value is -0.390. The van der Waals surface area contributed by atoms with Crippen LogP contribution in [0, 0.1) is 5.92 Å². The van der Waals surface area contributed by atoms with E-state index in [1.165, 1.54) is 0 Å². The minimum Gasteiger partial charge on any atom is -0.324 e. The van der Waals surface area contributed by atoms with E-state index >= 15 is 0 Å². The molecule has 0 aliphatic carbocycles. The first-order valence-corrected chi connectivity index (χ1v) is 7.66. The van der Waals surface area contributed by atoms with Crippen molar-refractivity contribution < 1.29 is 4.79 Å². The monoisotopic (exact) mass is 374 g/mol. The highest BCUT2D eigenvalue weighted by atomic mass is 79.9. The molecule has 2 atom stereocenters. The van der Waals surface area contributed by atoms with E-state index in [9.17, 15) is 4.79 Å². The number of anilines is 1. The number of hydrogen-bond donors (Lipinski definition) is 2. The topological polar surface area (TPSA) is 41.1 Å². The number of carbonyl (C=O) groups excluding carboxylic acids is 1. The van der Waals surface area contributed by atoms with Crippen LogP contribution in [0.5, 0.6) is 0 Å². The molecule has 18 heavy (non-hydrogen) atoms. The maximum absolute atomic E-state index is 12.2. The summed E-state index contributed by atoms with van der Waals surface area (Å²) in [4.78, 5) is 12.2. The molecule has 5 heteroatoms. The van der Waals surface area contributed by atoms with Gasteiger partial charge in [-0.1, -0.05) is 22.9 Å². The Morgan fingerprint density at radius 2 is 2.22 bits per heavy atom. The van der Waals surface area contributed by atoms with Gasteiger partial charge in [-0.2, -0.15) is 0 Å².